The Labute approximate surface area is 231 Å². The van der Waals surface area contributed by atoms with Gasteiger partial charge in [-0.3, -0.25) is 9.69 Å². The number of thiocarbonyl (C=S) groups is 1. The van der Waals surface area contributed by atoms with Gasteiger partial charge >= 0.3 is 29.6 Å². The average molecular weight is 524 g/mol. The molecule has 0 saturated carbocycles. The van der Waals surface area contributed by atoms with Crippen LogP contribution in [0.25, 0.3) is 0 Å². The number of ether oxygens (including phenoxy) is 1. The molecule has 12 heteroatoms. The fourth-order valence-electron chi connectivity index (χ4n) is 3.78. The summed E-state index contributed by atoms with van der Waals surface area (Å²) < 4.78 is 39.0. The third-order valence-corrected chi connectivity index (χ3v) is 6.46. The van der Waals surface area contributed by atoms with Crippen LogP contribution in [0.2, 0.25) is 0 Å². The van der Waals surface area contributed by atoms with Gasteiger partial charge in [-0.05, 0) is 49.0 Å². The molecular formula is C23H22N3NaO6S2. The first-order chi connectivity index (χ1) is 16.3. The van der Waals surface area contributed by atoms with Gasteiger partial charge in [0.05, 0.1) is 28.1 Å². The summed E-state index contributed by atoms with van der Waals surface area (Å²) in [5.74, 6) is 0.102. The monoisotopic (exact) mass is 523 g/mol. The van der Waals surface area contributed by atoms with E-state index in [1.807, 2.05) is 18.2 Å². The molecule has 2 aliphatic rings. The normalized spacial score (nSPS) is 17.7. The summed E-state index contributed by atoms with van der Waals surface area (Å²) in [6.45, 7) is 0.160. The molecule has 0 unspecified atom stereocenters. The third-order valence-electron chi connectivity index (χ3n) is 5.27. The van der Waals surface area contributed by atoms with Gasteiger partial charge in [-0.25, -0.2) is 8.42 Å². The van der Waals surface area contributed by atoms with Crippen molar-refractivity contribution in [1.82, 2.24) is 4.90 Å². The van der Waals surface area contributed by atoms with Crippen LogP contribution in [-0.4, -0.2) is 59.4 Å². The number of aliphatic hydroxyl groups is 1. The van der Waals surface area contributed by atoms with Gasteiger partial charge < -0.3 is 24.2 Å². The van der Waals surface area contributed by atoms with Crippen LogP contribution >= 0.6 is 12.2 Å². The fraction of sp³-hybridized carbons (Fsp3) is 0.217. The number of carbonyl (C=O) groups excluding carboxylic acids is 1. The molecule has 1 fully saturated rings. The number of hydrogen-bond donors (Lipinski definition) is 1. The Balaban J connectivity index is 0.00000342. The molecule has 0 aliphatic carbocycles. The standard InChI is InChI=1S/C23H23N3O6S2.Na/c27-15-14-25-19(22(28)26(23(25)33)17-7-2-1-3-8-17)11-12-21-24(13-6-16-34(29,30)31)18-9-4-5-10-20(18)32-21;/h1-5,7-12,27H,6,13-16H2,(H,29,30,31);/q;+1/p-1. The van der Waals surface area contributed by atoms with Gasteiger partial charge in [0, 0.05) is 24.9 Å². The quantitative estimate of drug-likeness (QED) is 0.205. The minimum Gasteiger partial charge on any atom is -0.748 e. The zero-order valence-electron chi connectivity index (χ0n) is 19.0. The minimum absolute atomic E-state index is 0. The van der Waals surface area contributed by atoms with Gasteiger partial charge in [-0.15, -0.1) is 0 Å². The molecule has 2 aromatic carbocycles. The average Bonchev–Trinajstić information content (AvgIpc) is 3.27. The predicted molar refractivity (Wildman–Crippen MR) is 130 cm³/mol. The molecule has 9 nitrogen and oxygen atoms in total. The zero-order chi connectivity index (χ0) is 24.3. The first kappa shape index (κ1) is 27.3. The molecule has 4 rings (SSSR count). The molecule has 0 spiro atoms. The second-order valence-corrected chi connectivity index (χ2v) is 9.42. The van der Waals surface area contributed by atoms with Gasteiger partial charge in [0.2, 0.25) is 5.88 Å². The van der Waals surface area contributed by atoms with Crippen LogP contribution in [0.15, 0.2) is 78.3 Å². The Hall–Kier alpha value is -2.25. The summed E-state index contributed by atoms with van der Waals surface area (Å²) >= 11 is 5.51. The van der Waals surface area contributed by atoms with Crippen molar-refractivity contribution in [3.05, 3.63) is 78.3 Å². The van der Waals surface area contributed by atoms with E-state index in [-0.39, 0.29) is 72.4 Å². The second-order valence-electron chi connectivity index (χ2n) is 7.53. The smallest absolute Gasteiger partial charge is 0.748 e. The summed E-state index contributed by atoms with van der Waals surface area (Å²) in [6, 6.07) is 16.2. The van der Waals surface area contributed by atoms with Crippen molar-refractivity contribution in [2.45, 2.75) is 6.42 Å². The van der Waals surface area contributed by atoms with Crippen LogP contribution in [0.4, 0.5) is 11.4 Å². The molecular weight excluding hydrogens is 501 g/mol. The summed E-state index contributed by atoms with van der Waals surface area (Å²) in [5.41, 5.74) is 1.60. The molecule has 2 aromatic rings. The van der Waals surface area contributed by atoms with Crippen LogP contribution in [0, 0.1) is 0 Å². The number of fused-ring (bicyclic) bond motifs is 1. The van der Waals surface area contributed by atoms with Gasteiger partial charge in [-0.2, -0.15) is 0 Å². The van der Waals surface area contributed by atoms with Gasteiger partial charge in [-0.1, -0.05) is 30.3 Å². The SMILES string of the molecule is O=C1C(=CC=C2Oc3ccccc3N2CCCS(=O)(=O)[O-])N(CCO)C(=S)N1c1ccccc1.[Na+]. The van der Waals surface area contributed by atoms with Gasteiger partial charge in [0.1, 0.15) is 5.70 Å². The van der Waals surface area contributed by atoms with Crippen molar-refractivity contribution in [1.29, 1.82) is 0 Å². The van der Waals surface area contributed by atoms with E-state index >= 15 is 0 Å². The first-order valence-electron chi connectivity index (χ1n) is 10.5. The number of carbonyl (C=O) groups is 1. The van der Waals surface area contributed by atoms with Crippen molar-refractivity contribution >= 4 is 44.7 Å². The number of nitrogens with zero attached hydrogens (tertiary/aromatic N) is 3. The topological polar surface area (TPSA) is 113 Å². The number of anilines is 2. The maximum atomic E-state index is 13.3. The Morgan fingerprint density at radius 2 is 1.69 bits per heavy atom. The number of para-hydroxylation sites is 3. The molecule has 1 N–H and O–H groups in total. The van der Waals surface area contributed by atoms with Crippen LogP contribution in [0.5, 0.6) is 5.75 Å². The van der Waals surface area contributed by atoms with E-state index < -0.39 is 15.9 Å². The van der Waals surface area contributed by atoms with Crippen molar-refractivity contribution in [2.75, 3.05) is 35.2 Å². The van der Waals surface area contributed by atoms with E-state index in [1.54, 1.807) is 58.4 Å². The number of amides is 1. The maximum absolute atomic E-state index is 13.3. The summed E-state index contributed by atoms with van der Waals surface area (Å²) in [4.78, 5) is 18.0. The molecule has 0 radical (unpaired) electrons. The van der Waals surface area contributed by atoms with Gasteiger partial charge in [0.25, 0.3) is 5.91 Å². The summed E-state index contributed by atoms with van der Waals surface area (Å²) in [5, 5.41) is 9.78. The number of benzene rings is 2. The molecule has 0 atom stereocenters. The molecule has 0 bridgehead atoms. The van der Waals surface area contributed by atoms with Crippen LogP contribution < -0.4 is 44.1 Å². The molecule has 178 valence electrons. The fourth-order valence-corrected chi connectivity index (χ4v) is 4.64. The molecule has 1 saturated heterocycles. The van der Waals surface area contributed by atoms with E-state index in [4.69, 9.17) is 17.0 Å². The number of allylic oxidation sites excluding steroid dienone is 2. The van der Waals surface area contributed by atoms with E-state index in [0.717, 1.165) is 5.69 Å². The number of β-amino-alcohol motifs (C(OH)–C–C–N with tert-alkyl or cyclic N) is 1. The largest absolute Gasteiger partial charge is 1.00 e. The van der Waals surface area contributed by atoms with Crippen molar-refractivity contribution < 1.29 is 57.2 Å². The van der Waals surface area contributed by atoms with E-state index in [9.17, 15) is 22.9 Å². The molecule has 35 heavy (non-hydrogen) atoms. The van der Waals surface area contributed by atoms with Crippen LogP contribution in [-0.2, 0) is 14.9 Å². The van der Waals surface area contributed by atoms with Crippen molar-refractivity contribution in [2.24, 2.45) is 0 Å². The summed E-state index contributed by atoms with van der Waals surface area (Å²) in [7, 11) is -4.34. The molecule has 1 amide bonds. The van der Waals surface area contributed by atoms with Crippen LogP contribution in [0.1, 0.15) is 6.42 Å². The Bertz CT molecular complexity index is 1270. The van der Waals surface area contributed by atoms with Crippen LogP contribution in [0.3, 0.4) is 0 Å². The van der Waals surface area contributed by atoms with E-state index in [2.05, 4.69) is 0 Å². The van der Waals surface area contributed by atoms with E-state index in [1.165, 1.54) is 4.90 Å². The minimum atomic E-state index is -4.34. The van der Waals surface area contributed by atoms with Gasteiger partial charge in [0.15, 0.2) is 10.9 Å². The number of hydrogen-bond acceptors (Lipinski definition) is 8. The first-order valence-corrected chi connectivity index (χ1v) is 12.5. The third kappa shape index (κ3) is 6.12. The maximum Gasteiger partial charge on any atom is 1.00 e. The number of rotatable bonds is 8. The molecule has 0 aromatic heterocycles. The van der Waals surface area contributed by atoms with Crippen molar-refractivity contribution in [3.63, 3.8) is 0 Å². The zero-order valence-corrected chi connectivity index (χ0v) is 22.7. The predicted octanol–water partition coefficient (Wildman–Crippen LogP) is -0.824. The van der Waals surface area contributed by atoms with Crippen molar-refractivity contribution in [3.8, 4) is 5.75 Å². The second kappa shape index (κ2) is 11.7. The Kier molecular flexibility index (Phi) is 9.11. The Morgan fingerprint density at radius 3 is 2.37 bits per heavy atom. The Morgan fingerprint density at radius 1 is 1.00 bits per heavy atom. The molecule has 2 heterocycles. The van der Waals surface area contributed by atoms with E-state index in [0.29, 0.717) is 17.3 Å². The number of aliphatic hydroxyl groups excluding tert-OH is 1. The summed E-state index contributed by atoms with van der Waals surface area (Å²) in [6.07, 6.45) is 3.27. The molecule has 2 aliphatic heterocycles.